The van der Waals surface area contributed by atoms with Crippen LogP contribution in [0.25, 0.3) is 0 Å². The third-order valence-corrected chi connectivity index (χ3v) is 5.05. The predicted molar refractivity (Wildman–Crippen MR) is 106 cm³/mol. The largest absolute Gasteiger partial charge is 0.493 e. The number of amides is 1. The van der Waals surface area contributed by atoms with Gasteiger partial charge < -0.3 is 20.1 Å². The highest BCUT2D eigenvalue weighted by Crippen LogP contribution is 2.38. The Kier molecular flexibility index (Phi) is 6.27. The molecule has 3 rings (SSSR count). The summed E-state index contributed by atoms with van der Waals surface area (Å²) in [5.41, 5.74) is 1.80. The van der Waals surface area contributed by atoms with Crippen LogP contribution in [-0.4, -0.2) is 25.3 Å². The zero-order valence-corrected chi connectivity index (χ0v) is 16.6. The Labute approximate surface area is 166 Å². The number of anilines is 1. The third-order valence-electron chi connectivity index (χ3n) is 4.24. The number of carbonyl (C=O) groups is 1. The summed E-state index contributed by atoms with van der Waals surface area (Å²) in [6.07, 6.45) is 1.24. The zero-order chi connectivity index (χ0) is 18.5. The Balaban J connectivity index is 1.44. The van der Waals surface area contributed by atoms with Crippen LogP contribution in [0.2, 0.25) is 5.02 Å². The third kappa shape index (κ3) is 4.83. The van der Waals surface area contributed by atoms with E-state index in [1.807, 2.05) is 36.4 Å². The van der Waals surface area contributed by atoms with E-state index >= 15 is 0 Å². The van der Waals surface area contributed by atoms with Crippen molar-refractivity contribution in [3.05, 3.63) is 57.5 Å². The van der Waals surface area contributed by atoms with Gasteiger partial charge in [-0.2, -0.15) is 0 Å². The Morgan fingerprint density at radius 1 is 1.23 bits per heavy atom. The maximum absolute atomic E-state index is 11.9. The second-order valence-corrected chi connectivity index (χ2v) is 7.47. The fourth-order valence-electron chi connectivity index (χ4n) is 2.88. The molecular formula is C19H20BrClN2O3. The first kappa shape index (κ1) is 18.9. The molecule has 0 aliphatic heterocycles. The van der Waals surface area contributed by atoms with Gasteiger partial charge in [0, 0.05) is 17.1 Å². The van der Waals surface area contributed by atoms with Gasteiger partial charge in [-0.15, -0.1) is 0 Å². The van der Waals surface area contributed by atoms with E-state index in [1.54, 1.807) is 13.2 Å². The molecule has 7 heteroatoms. The van der Waals surface area contributed by atoms with Crippen LogP contribution in [0.4, 0.5) is 10.5 Å². The van der Waals surface area contributed by atoms with Crippen molar-refractivity contribution < 1.29 is 14.3 Å². The predicted octanol–water partition coefficient (Wildman–Crippen LogP) is 4.98. The van der Waals surface area contributed by atoms with E-state index in [1.165, 1.54) is 0 Å². The second-order valence-electron chi connectivity index (χ2n) is 6.18. The number of rotatable bonds is 6. The quantitative estimate of drug-likeness (QED) is 0.666. The van der Waals surface area contributed by atoms with E-state index in [9.17, 15) is 4.79 Å². The Morgan fingerprint density at radius 3 is 2.65 bits per heavy atom. The van der Waals surface area contributed by atoms with Gasteiger partial charge in [0.15, 0.2) is 5.75 Å². The van der Waals surface area contributed by atoms with Crippen LogP contribution >= 0.6 is 27.5 Å². The summed E-state index contributed by atoms with van der Waals surface area (Å²) in [5, 5.41) is 6.92. The summed E-state index contributed by atoms with van der Waals surface area (Å²) in [5.74, 6) is 0.716. The maximum atomic E-state index is 11.9. The van der Waals surface area contributed by atoms with Crippen LogP contribution < -0.4 is 15.4 Å². The number of benzene rings is 2. The lowest BCUT2D eigenvalue weighted by Gasteiger charge is -2.37. The van der Waals surface area contributed by atoms with Crippen molar-refractivity contribution >= 4 is 39.3 Å². The molecule has 1 amide bonds. The van der Waals surface area contributed by atoms with Gasteiger partial charge in [0.2, 0.25) is 0 Å². The summed E-state index contributed by atoms with van der Waals surface area (Å²) in [4.78, 5) is 11.9. The van der Waals surface area contributed by atoms with Gasteiger partial charge in [-0.05, 0) is 46.5 Å². The molecule has 2 aromatic rings. The molecule has 0 radical (unpaired) electrons. The first-order chi connectivity index (χ1) is 12.5. The molecule has 1 fully saturated rings. The Morgan fingerprint density at radius 2 is 1.96 bits per heavy atom. The molecule has 5 nitrogen and oxygen atoms in total. The lowest BCUT2D eigenvalue weighted by atomic mass is 9.86. The number of carbonyl (C=O) groups excluding carboxylic acids is 1. The molecule has 0 saturated heterocycles. The fraction of sp³-hybridized carbons (Fsp3) is 0.316. The number of methoxy groups -OCH3 is 1. The standard InChI is InChI=1S/C19H20BrClN2O3/c1-25-18-16(20)7-13(21)8-17(18)22-14-9-15(10-14)23-19(24)26-11-12-5-3-2-4-6-12/h2-8,14-15,22H,9-11H2,1H3,(H,23,24). The molecule has 0 unspecified atom stereocenters. The normalized spacial score (nSPS) is 18.6. The number of halogens is 2. The van der Waals surface area contributed by atoms with Gasteiger partial charge in [-0.25, -0.2) is 4.79 Å². The molecule has 0 heterocycles. The lowest BCUT2D eigenvalue weighted by molar-refractivity contribution is 0.129. The van der Waals surface area contributed by atoms with Crippen molar-refractivity contribution in [2.24, 2.45) is 0 Å². The Bertz CT molecular complexity index is 767. The van der Waals surface area contributed by atoms with Crippen LogP contribution in [0, 0.1) is 0 Å². The molecule has 1 aliphatic carbocycles. The minimum absolute atomic E-state index is 0.101. The highest BCUT2D eigenvalue weighted by molar-refractivity contribution is 9.10. The van der Waals surface area contributed by atoms with Gasteiger partial charge in [0.05, 0.1) is 17.3 Å². The van der Waals surface area contributed by atoms with Crippen molar-refractivity contribution in [2.45, 2.75) is 31.5 Å². The molecule has 138 valence electrons. The molecule has 1 saturated carbocycles. The van der Waals surface area contributed by atoms with Gasteiger partial charge in [-0.3, -0.25) is 0 Å². The number of ether oxygens (including phenoxy) is 2. The van der Waals surface area contributed by atoms with Crippen molar-refractivity contribution in [2.75, 3.05) is 12.4 Å². The molecule has 2 aromatic carbocycles. The summed E-state index contributed by atoms with van der Waals surface area (Å²) in [6, 6.07) is 13.6. The molecule has 0 spiro atoms. The first-order valence-corrected chi connectivity index (χ1v) is 9.49. The van der Waals surface area contributed by atoms with Gasteiger partial charge in [0.25, 0.3) is 0 Å². The highest BCUT2D eigenvalue weighted by Gasteiger charge is 2.31. The lowest BCUT2D eigenvalue weighted by Crippen LogP contribution is -2.49. The van der Waals surface area contributed by atoms with Crippen LogP contribution in [0.5, 0.6) is 5.75 Å². The van der Waals surface area contributed by atoms with E-state index < -0.39 is 0 Å². The van der Waals surface area contributed by atoms with E-state index in [4.69, 9.17) is 21.1 Å². The molecule has 1 aliphatic rings. The average Bonchev–Trinajstić information content (AvgIpc) is 2.58. The minimum Gasteiger partial charge on any atom is -0.493 e. The van der Waals surface area contributed by atoms with Gasteiger partial charge in [-0.1, -0.05) is 41.9 Å². The summed E-state index contributed by atoms with van der Waals surface area (Å²) >= 11 is 9.55. The van der Waals surface area contributed by atoms with Gasteiger partial charge >= 0.3 is 6.09 Å². The molecule has 0 aromatic heterocycles. The second kappa shape index (κ2) is 8.64. The Hall–Kier alpha value is -1.92. The molecule has 0 atom stereocenters. The summed E-state index contributed by atoms with van der Waals surface area (Å²) in [6.45, 7) is 0.273. The molecule has 2 N–H and O–H groups in total. The smallest absolute Gasteiger partial charge is 0.407 e. The summed E-state index contributed by atoms with van der Waals surface area (Å²) in [7, 11) is 1.62. The van der Waals surface area contributed by atoms with Crippen molar-refractivity contribution in [3.8, 4) is 5.75 Å². The fourth-order valence-corrected chi connectivity index (χ4v) is 3.85. The number of nitrogens with one attached hydrogen (secondary N) is 2. The highest BCUT2D eigenvalue weighted by atomic mass is 79.9. The van der Waals surface area contributed by atoms with Crippen LogP contribution in [-0.2, 0) is 11.3 Å². The zero-order valence-electron chi connectivity index (χ0n) is 14.3. The van der Waals surface area contributed by atoms with Crippen LogP contribution in [0.3, 0.4) is 0 Å². The maximum Gasteiger partial charge on any atom is 0.407 e. The molecule has 0 bridgehead atoms. The number of hydrogen-bond acceptors (Lipinski definition) is 4. The molecular weight excluding hydrogens is 420 g/mol. The SMILES string of the molecule is COc1c(Br)cc(Cl)cc1NC1CC(NC(=O)OCc2ccccc2)C1. The van der Waals surface area contributed by atoms with Crippen LogP contribution in [0.1, 0.15) is 18.4 Å². The molecule has 26 heavy (non-hydrogen) atoms. The number of hydrogen-bond donors (Lipinski definition) is 2. The first-order valence-electron chi connectivity index (χ1n) is 8.32. The van der Waals surface area contributed by atoms with Crippen molar-refractivity contribution in [3.63, 3.8) is 0 Å². The van der Waals surface area contributed by atoms with Crippen molar-refractivity contribution in [1.29, 1.82) is 0 Å². The average molecular weight is 440 g/mol. The van der Waals surface area contributed by atoms with E-state index in [0.717, 1.165) is 28.6 Å². The minimum atomic E-state index is -0.389. The van der Waals surface area contributed by atoms with Crippen LogP contribution in [0.15, 0.2) is 46.9 Å². The van der Waals surface area contributed by atoms with E-state index in [2.05, 4.69) is 26.6 Å². The monoisotopic (exact) mass is 438 g/mol. The van der Waals surface area contributed by atoms with E-state index in [-0.39, 0.29) is 24.8 Å². The topological polar surface area (TPSA) is 59.6 Å². The summed E-state index contributed by atoms with van der Waals surface area (Å²) < 4.78 is 11.4. The van der Waals surface area contributed by atoms with E-state index in [0.29, 0.717) is 10.8 Å². The van der Waals surface area contributed by atoms with Gasteiger partial charge in [0.1, 0.15) is 6.61 Å². The van der Waals surface area contributed by atoms with Crippen molar-refractivity contribution in [1.82, 2.24) is 5.32 Å². The number of alkyl carbamates (subject to hydrolysis) is 1.